The fourth-order valence-electron chi connectivity index (χ4n) is 3.75. The van der Waals surface area contributed by atoms with Crippen LogP contribution in [0.25, 0.3) is 0 Å². The fraction of sp³-hybridized carbons (Fsp3) is 0.500. The van der Waals surface area contributed by atoms with Crippen LogP contribution in [0.2, 0.25) is 0 Å². The van der Waals surface area contributed by atoms with Crippen molar-refractivity contribution in [2.75, 3.05) is 32.1 Å². The third-order valence-corrected chi connectivity index (χ3v) is 8.81. The van der Waals surface area contributed by atoms with Crippen molar-refractivity contribution in [2.24, 2.45) is 5.14 Å². The van der Waals surface area contributed by atoms with Crippen LogP contribution in [0.1, 0.15) is 31.2 Å². The maximum atomic E-state index is 14.8. The van der Waals surface area contributed by atoms with Gasteiger partial charge in [0.15, 0.2) is 5.82 Å². The van der Waals surface area contributed by atoms with Crippen molar-refractivity contribution in [3.63, 3.8) is 0 Å². The molecule has 1 aromatic rings. The number of pyridine rings is 1. The Hall–Kier alpha value is -1.82. The van der Waals surface area contributed by atoms with Crippen LogP contribution < -0.4 is 10.0 Å². The van der Waals surface area contributed by atoms with Gasteiger partial charge in [0.25, 0.3) is 0 Å². The van der Waals surface area contributed by atoms with Crippen molar-refractivity contribution in [1.29, 1.82) is 0 Å². The van der Waals surface area contributed by atoms with Gasteiger partial charge < -0.3 is 4.90 Å². The van der Waals surface area contributed by atoms with Crippen molar-refractivity contribution in [2.45, 2.75) is 30.4 Å². The first-order chi connectivity index (χ1) is 13.5. The Labute approximate surface area is 171 Å². The summed E-state index contributed by atoms with van der Waals surface area (Å²) in [4.78, 5) is 5.64. The molecule has 2 aliphatic rings. The van der Waals surface area contributed by atoms with Crippen LogP contribution in [0.4, 0.5) is 10.1 Å². The summed E-state index contributed by atoms with van der Waals surface area (Å²) in [7, 11) is -5.25. The van der Waals surface area contributed by atoms with Gasteiger partial charge in [-0.2, -0.15) is 0 Å². The standard InChI is InChI=1S/C18H25FN4O4S2/c1-22(2)28(24,25)14-6-8-18(9-7-14,29(20,26)27)15-12-21-13-16(19)17(15)23-10-4-3-5-11-23/h6-8,12-13H,3-5,9-11H2,1-2H3,(H2,20,26,27). The minimum Gasteiger partial charge on any atom is -0.369 e. The fourth-order valence-corrected chi connectivity index (χ4v) is 5.73. The van der Waals surface area contributed by atoms with E-state index in [0.717, 1.165) is 29.8 Å². The molecule has 0 aromatic carbocycles. The monoisotopic (exact) mass is 444 g/mol. The summed E-state index contributed by atoms with van der Waals surface area (Å²) in [6.07, 6.45) is 8.63. The lowest BCUT2D eigenvalue weighted by atomic mass is 9.90. The lowest BCUT2D eigenvalue weighted by Gasteiger charge is -2.37. The number of nitrogens with two attached hydrogens (primary N) is 1. The molecule has 0 spiro atoms. The van der Waals surface area contributed by atoms with Gasteiger partial charge in [0.05, 0.1) is 16.8 Å². The molecule has 2 heterocycles. The Morgan fingerprint density at radius 2 is 1.79 bits per heavy atom. The summed E-state index contributed by atoms with van der Waals surface area (Å²) in [5.41, 5.74) is 0.279. The average Bonchev–Trinajstić information content (AvgIpc) is 2.67. The van der Waals surface area contributed by atoms with Gasteiger partial charge in [0.2, 0.25) is 20.0 Å². The molecule has 1 aliphatic carbocycles. The van der Waals surface area contributed by atoms with E-state index in [1.807, 2.05) is 4.90 Å². The molecule has 0 bridgehead atoms. The van der Waals surface area contributed by atoms with Gasteiger partial charge in [-0.25, -0.2) is 30.7 Å². The van der Waals surface area contributed by atoms with E-state index >= 15 is 0 Å². The molecule has 1 aliphatic heterocycles. The predicted molar refractivity (Wildman–Crippen MR) is 109 cm³/mol. The SMILES string of the molecule is CN(C)S(=O)(=O)C1=CCC(c2cncc(F)c2N2CCCCC2)(S(N)(=O)=O)C=C1. The smallest absolute Gasteiger partial charge is 0.242 e. The summed E-state index contributed by atoms with van der Waals surface area (Å²) in [5, 5.41) is 5.60. The number of nitrogens with zero attached hydrogens (tertiary/aromatic N) is 3. The van der Waals surface area contributed by atoms with Gasteiger partial charge in [-0.05, 0) is 31.8 Å². The predicted octanol–water partition coefficient (Wildman–Crippen LogP) is 1.43. The van der Waals surface area contributed by atoms with Gasteiger partial charge >= 0.3 is 0 Å². The Morgan fingerprint density at radius 1 is 1.14 bits per heavy atom. The highest BCUT2D eigenvalue weighted by molar-refractivity contribution is 7.93. The zero-order chi connectivity index (χ0) is 21.4. The number of aromatic nitrogens is 1. The normalized spacial score (nSPS) is 23.3. The Balaban J connectivity index is 2.16. The number of hydrogen-bond donors (Lipinski definition) is 1. The van der Waals surface area contributed by atoms with E-state index < -0.39 is 30.6 Å². The van der Waals surface area contributed by atoms with Crippen LogP contribution >= 0.6 is 0 Å². The van der Waals surface area contributed by atoms with Crippen molar-refractivity contribution < 1.29 is 21.2 Å². The van der Waals surface area contributed by atoms with Crippen LogP contribution in [0.15, 0.2) is 35.5 Å². The Bertz CT molecular complexity index is 1060. The van der Waals surface area contributed by atoms with Crippen molar-refractivity contribution in [3.8, 4) is 0 Å². The summed E-state index contributed by atoms with van der Waals surface area (Å²) < 4.78 is 64.3. The number of allylic oxidation sites excluding steroid dienone is 2. The van der Waals surface area contributed by atoms with Gasteiger partial charge in [-0.1, -0.05) is 12.2 Å². The highest BCUT2D eigenvalue weighted by Crippen LogP contribution is 2.44. The van der Waals surface area contributed by atoms with Gasteiger partial charge in [0.1, 0.15) is 4.75 Å². The number of hydrogen-bond acceptors (Lipinski definition) is 6. The van der Waals surface area contributed by atoms with Crippen LogP contribution in [0.5, 0.6) is 0 Å². The number of piperidine rings is 1. The maximum Gasteiger partial charge on any atom is 0.242 e. The first-order valence-corrected chi connectivity index (χ1v) is 12.2. The lowest BCUT2D eigenvalue weighted by Crippen LogP contribution is -2.43. The van der Waals surface area contributed by atoms with E-state index in [0.29, 0.717) is 13.1 Å². The molecule has 160 valence electrons. The molecule has 1 saturated heterocycles. The average molecular weight is 445 g/mol. The summed E-state index contributed by atoms with van der Waals surface area (Å²) >= 11 is 0. The molecular formula is C18H25FN4O4S2. The van der Waals surface area contributed by atoms with E-state index in [1.165, 1.54) is 38.5 Å². The van der Waals surface area contributed by atoms with E-state index in [-0.39, 0.29) is 22.6 Å². The molecule has 1 unspecified atom stereocenters. The van der Waals surface area contributed by atoms with Crippen molar-refractivity contribution in [1.82, 2.24) is 9.29 Å². The summed E-state index contributed by atoms with van der Waals surface area (Å²) in [6, 6.07) is 0. The number of sulfonamides is 2. The lowest BCUT2D eigenvalue weighted by molar-refractivity contribution is 0.525. The molecule has 3 rings (SSSR count). The molecule has 0 saturated carbocycles. The van der Waals surface area contributed by atoms with Gasteiger partial charge in [-0.3, -0.25) is 4.98 Å². The zero-order valence-electron chi connectivity index (χ0n) is 16.4. The molecule has 1 aromatic heterocycles. The zero-order valence-corrected chi connectivity index (χ0v) is 18.0. The largest absolute Gasteiger partial charge is 0.369 e. The number of halogens is 1. The van der Waals surface area contributed by atoms with Crippen LogP contribution in [0.3, 0.4) is 0 Å². The highest BCUT2D eigenvalue weighted by Gasteiger charge is 2.46. The third-order valence-electron chi connectivity index (χ3n) is 5.41. The van der Waals surface area contributed by atoms with Crippen LogP contribution in [0, 0.1) is 5.82 Å². The number of anilines is 1. The molecule has 0 amide bonds. The molecule has 11 heteroatoms. The van der Waals surface area contributed by atoms with Gasteiger partial charge in [-0.15, -0.1) is 0 Å². The first-order valence-electron chi connectivity index (χ1n) is 9.24. The van der Waals surface area contributed by atoms with Gasteiger partial charge in [0, 0.05) is 38.9 Å². The highest BCUT2D eigenvalue weighted by atomic mass is 32.2. The second-order valence-corrected chi connectivity index (χ2v) is 11.4. The Kier molecular flexibility index (Phi) is 5.87. The second kappa shape index (κ2) is 7.78. The minimum atomic E-state index is -4.28. The topological polar surface area (TPSA) is 114 Å². The van der Waals surface area contributed by atoms with E-state index in [9.17, 15) is 21.2 Å². The second-order valence-electron chi connectivity index (χ2n) is 7.43. The maximum absolute atomic E-state index is 14.8. The molecule has 1 atom stereocenters. The molecule has 29 heavy (non-hydrogen) atoms. The quantitative estimate of drug-likeness (QED) is 0.735. The Morgan fingerprint density at radius 3 is 2.31 bits per heavy atom. The third kappa shape index (κ3) is 3.83. The number of rotatable bonds is 5. The molecule has 2 N–H and O–H groups in total. The van der Waals surface area contributed by atoms with E-state index in [2.05, 4.69) is 4.98 Å². The van der Waals surface area contributed by atoms with E-state index in [4.69, 9.17) is 5.14 Å². The molecule has 0 radical (unpaired) electrons. The summed E-state index contributed by atoms with van der Waals surface area (Å²) in [6.45, 7) is 1.18. The summed E-state index contributed by atoms with van der Waals surface area (Å²) in [5.74, 6) is -0.628. The first kappa shape index (κ1) is 21.9. The molecule has 8 nitrogen and oxygen atoms in total. The van der Waals surface area contributed by atoms with E-state index in [1.54, 1.807) is 0 Å². The van der Waals surface area contributed by atoms with Crippen molar-refractivity contribution >= 4 is 25.7 Å². The molecule has 1 fully saturated rings. The molecular weight excluding hydrogens is 419 g/mol. The number of primary sulfonamides is 1. The van der Waals surface area contributed by atoms with Crippen LogP contribution in [-0.2, 0) is 24.8 Å². The van der Waals surface area contributed by atoms with Crippen LogP contribution in [-0.4, -0.2) is 53.3 Å². The van der Waals surface area contributed by atoms with Crippen molar-refractivity contribution in [3.05, 3.63) is 46.9 Å². The minimum absolute atomic E-state index is 0.0364.